The summed E-state index contributed by atoms with van der Waals surface area (Å²) in [5, 5.41) is 2.18. The van der Waals surface area contributed by atoms with Crippen molar-refractivity contribution < 1.29 is 4.42 Å². The quantitative estimate of drug-likeness (QED) is 0.184. The first-order valence-electron chi connectivity index (χ1n) is 17.7. The van der Waals surface area contributed by atoms with E-state index in [4.69, 9.17) is 14.4 Å². The predicted molar refractivity (Wildman–Crippen MR) is 214 cm³/mol. The third-order valence-electron chi connectivity index (χ3n) is 9.90. The second kappa shape index (κ2) is 12.5. The lowest BCUT2D eigenvalue weighted by Gasteiger charge is -2.19. The number of hydrogen-bond donors (Lipinski definition) is 0. The summed E-state index contributed by atoms with van der Waals surface area (Å²) in [6.07, 6.45) is 0. The third-order valence-corrected chi connectivity index (χ3v) is 9.90. The summed E-state index contributed by atoms with van der Waals surface area (Å²) in [5.41, 5.74) is 13.9. The topological polar surface area (TPSA) is 38.9 Å². The predicted octanol–water partition coefficient (Wildman–Crippen LogP) is 13.3. The molecule has 3 heteroatoms. The molecular formula is C48H42N2O. The summed E-state index contributed by atoms with van der Waals surface area (Å²) in [6.45, 7) is 13.5. The Kier molecular flexibility index (Phi) is 7.95. The Morgan fingerprint density at radius 2 is 0.863 bits per heavy atom. The SMILES string of the molecule is CC(C)(C)c1ccc(-c2ccc(-c3cc(-c4cccc5c4oc4ccccc45)nc(-c4ccc(-c5ccc(C(C)(C)C)cc5)cc4)n3)cc2)cc1. The number of furan rings is 1. The van der Waals surface area contributed by atoms with Crippen molar-refractivity contribution in [2.24, 2.45) is 0 Å². The molecule has 0 fully saturated rings. The smallest absolute Gasteiger partial charge is 0.160 e. The molecule has 0 atom stereocenters. The molecule has 2 aromatic heterocycles. The van der Waals surface area contributed by atoms with Gasteiger partial charge in [0.05, 0.1) is 11.4 Å². The zero-order valence-electron chi connectivity index (χ0n) is 30.2. The lowest BCUT2D eigenvalue weighted by atomic mass is 9.86. The minimum atomic E-state index is 0.118. The van der Waals surface area contributed by atoms with Crippen LogP contribution in [-0.2, 0) is 10.8 Å². The van der Waals surface area contributed by atoms with Gasteiger partial charge >= 0.3 is 0 Å². The highest BCUT2D eigenvalue weighted by atomic mass is 16.3. The number of aromatic nitrogens is 2. The zero-order valence-corrected chi connectivity index (χ0v) is 30.2. The molecule has 3 nitrogen and oxygen atoms in total. The van der Waals surface area contributed by atoms with Crippen molar-refractivity contribution in [3.63, 3.8) is 0 Å². The van der Waals surface area contributed by atoms with E-state index >= 15 is 0 Å². The molecule has 51 heavy (non-hydrogen) atoms. The number of fused-ring (bicyclic) bond motifs is 3. The molecule has 250 valence electrons. The van der Waals surface area contributed by atoms with Crippen LogP contribution in [0.1, 0.15) is 52.7 Å². The maximum atomic E-state index is 6.46. The second-order valence-corrected chi connectivity index (χ2v) is 15.6. The van der Waals surface area contributed by atoms with Crippen LogP contribution in [0.5, 0.6) is 0 Å². The highest BCUT2D eigenvalue weighted by Crippen LogP contribution is 2.37. The molecule has 0 spiro atoms. The Balaban J connectivity index is 1.21. The van der Waals surface area contributed by atoms with Gasteiger partial charge in [0.25, 0.3) is 0 Å². The van der Waals surface area contributed by atoms with Gasteiger partial charge in [-0.2, -0.15) is 0 Å². The molecule has 0 bridgehead atoms. The minimum absolute atomic E-state index is 0.118. The Bertz CT molecular complexity index is 2370. The average molecular weight is 663 g/mol. The normalized spacial score (nSPS) is 12.1. The van der Waals surface area contributed by atoms with Gasteiger partial charge in [0.2, 0.25) is 0 Å². The fourth-order valence-corrected chi connectivity index (χ4v) is 6.78. The van der Waals surface area contributed by atoms with E-state index < -0.39 is 0 Å². The second-order valence-electron chi connectivity index (χ2n) is 15.6. The van der Waals surface area contributed by atoms with Crippen LogP contribution < -0.4 is 0 Å². The highest BCUT2D eigenvalue weighted by Gasteiger charge is 2.18. The van der Waals surface area contributed by atoms with E-state index in [9.17, 15) is 0 Å². The Morgan fingerprint density at radius 1 is 0.412 bits per heavy atom. The monoisotopic (exact) mass is 662 g/mol. The largest absolute Gasteiger partial charge is 0.455 e. The molecule has 2 heterocycles. The van der Waals surface area contributed by atoms with E-state index in [2.05, 4.69) is 175 Å². The maximum absolute atomic E-state index is 6.46. The van der Waals surface area contributed by atoms with Gasteiger partial charge in [0, 0.05) is 27.5 Å². The molecule has 0 saturated heterocycles. The van der Waals surface area contributed by atoms with Gasteiger partial charge in [-0.1, -0.05) is 169 Å². The summed E-state index contributed by atoms with van der Waals surface area (Å²) < 4.78 is 6.46. The van der Waals surface area contributed by atoms with Gasteiger partial charge < -0.3 is 4.42 Å². The Hall–Kier alpha value is -5.80. The molecule has 8 aromatic rings. The minimum Gasteiger partial charge on any atom is -0.455 e. The zero-order chi connectivity index (χ0) is 35.3. The molecular weight excluding hydrogens is 621 g/mol. The van der Waals surface area contributed by atoms with Crippen molar-refractivity contribution in [2.75, 3.05) is 0 Å². The van der Waals surface area contributed by atoms with Gasteiger partial charge in [-0.25, -0.2) is 9.97 Å². The van der Waals surface area contributed by atoms with Gasteiger partial charge in [-0.3, -0.25) is 0 Å². The van der Waals surface area contributed by atoms with E-state index in [-0.39, 0.29) is 10.8 Å². The number of rotatable bonds is 5. The molecule has 0 saturated carbocycles. The lowest BCUT2D eigenvalue weighted by molar-refractivity contribution is 0.590. The van der Waals surface area contributed by atoms with Crippen molar-refractivity contribution in [3.8, 4) is 56.2 Å². The van der Waals surface area contributed by atoms with Gasteiger partial charge in [-0.15, -0.1) is 0 Å². The van der Waals surface area contributed by atoms with Crippen LogP contribution in [0.2, 0.25) is 0 Å². The molecule has 8 rings (SSSR count). The van der Waals surface area contributed by atoms with Crippen LogP contribution in [0.15, 0.2) is 150 Å². The van der Waals surface area contributed by atoms with Crippen molar-refractivity contribution in [3.05, 3.63) is 157 Å². The van der Waals surface area contributed by atoms with Crippen LogP contribution in [0.4, 0.5) is 0 Å². The van der Waals surface area contributed by atoms with E-state index in [1.54, 1.807) is 0 Å². The highest BCUT2D eigenvalue weighted by molar-refractivity contribution is 6.09. The van der Waals surface area contributed by atoms with Gasteiger partial charge in [-0.05, 0) is 62.4 Å². The van der Waals surface area contributed by atoms with Crippen LogP contribution in [0.25, 0.3) is 78.1 Å². The molecule has 0 radical (unpaired) electrons. The summed E-state index contributed by atoms with van der Waals surface area (Å²) in [5.74, 6) is 0.673. The first-order valence-corrected chi connectivity index (χ1v) is 17.7. The van der Waals surface area contributed by atoms with Crippen LogP contribution in [-0.4, -0.2) is 9.97 Å². The lowest BCUT2D eigenvalue weighted by Crippen LogP contribution is -2.10. The Morgan fingerprint density at radius 3 is 1.41 bits per heavy atom. The van der Waals surface area contributed by atoms with E-state index in [0.717, 1.165) is 55.6 Å². The summed E-state index contributed by atoms with van der Waals surface area (Å²) in [7, 11) is 0. The Labute approximate surface area is 300 Å². The number of nitrogens with zero attached hydrogens (tertiary/aromatic N) is 2. The summed E-state index contributed by atoms with van der Waals surface area (Å²) in [4.78, 5) is 10.3. The molecule has 0 aliphatic heterocycles. The summed E-state index contributed by atoms with van der Waals surface area (Å²) in [6, 6.07) is 51.6. The molecule has 0 unspecified atom stereocenters. The average Bonchev–Trinajstić information content (AvgIpc) is 3.53. The maximum Gasteiger partial charge on any atom is 0.160 e. The fraction of sp³-hybridized carbons (Fsp3) is 0.167. The summed E-state index contributed by atoms with van der Waals surface area (Å²) >= 11 is 0. The molecule has 0 amide bonds. The molecule has 6 aromatic carbocycles. The molecule has 0 aliphatic rings. The van der Waals surface area contributed by atoms with Crippen LogP contribution in [0.3, 0.4) is 0 Å². The first kappa shape index (κ1) is 32.4. The van der Waals surface area contributed by atoms with E-state index in [0.29, 0.717) is 5.82 Å². The van der Waals surface area contributed by atoms with Gasteiger partial charge in [0.15, 0.2) is 5.82 Å². The number of para-hydroxylation sites is 2. The van der Waals surface area contributed by atoms with Crippen LogP contribution >= 0.6 is 0 Å². The van der Waals surface area contributed by atoms with E-state index in [1.165, 1.54) is 27.8 Å². The van der Waals surface area contributed by atoms with Crippen molar-refractivity contribution in [1.29, 1.82) is 0 Å². The molecule has 0 N–H and O–H groups in total. The third kappa shape index (κ3) is 6.37. The van der Waals surface area contributed by atoms with E-state index in [1.807, 2.05) is 12.1 Å². The fourth-order valence-electron chi connectivity index (χ4n) is 6.78. The van der Waals surface area contributed by atoms with Crippen molar-refractivity contribution in [2.45, 2.75) is 52.4 Å². The van der Waals surface area contributed by atoms with Crippen molar-refractivity contribution in [1.82, 2.24) is 9.97 Å². The van der Waals surface area contributed by atoms with Crippen LogP contribution in [0, 0.1) is 0 Å². The standard InChI is InChI=1S/C48H42N2O/c1-47(2,3)37-26-22-33(23-27-37)31-14-18-35(19-15-31)42-30-43(41-12-9-11-40-39-10-7-8-13-44(39)51-45(40)41)50-46(49-42)36-20-16-32(17-21-36)34-24-28-38(29-25-34)48(4,5)6/h7-30H,1-6H3. The first-order chi connectivity index (χ1) is 24.5. The number of hydrogen-bond acceptors (Lipinski definition) is 3. The van der Waals surface area contributed by atoms with Gasteiger partial charge in [0.1, 0.15) is 11.2 Å². The van der Waals surface area contributed by atoms with Crippen molar-refractivity contribution >= 4 is 21.9 Å². The number of benzene rings is 6. The molecule has 0 aliphatic carbocycles.